The lowest BCUT2D eigenvalue weighted by Crippen LogP contribution is -2.46. The number of nitrogens with zero attached hydrogens (tertiary/aromatic N) is 1. The molecule has 1 fully saturated rings. The van der Waals surface area contributed by atoms with Gasteiger partial charge in [-0.25, -0.2) is 0 Å². The van der Waals surface area contributed by atoms with Gasteiger partial charge in [0.15, 0.2) is 0 Å². The molecule has 2 N–H and O–H groups in total. The van der Waals surface area contributed by atoms with E-state index in [1.807, 2.05) is 0 Å². The summed E-state index contributed by atoms with van der Waals surface area (Å²) in [6, 6.07) is -0.328. The number of likely N-dealkylation sites (N-methyl/N-ethyl adjacent to an activating group) is 1. The Kier molecular flexibility index (Phi) is 4.94. The fourth-order valence-corrected chi connectivity index (χ4v) is 1.71. The molecular formula is C10H16F3N3O2. The Morgan fingerprint density at radius 1 is 1.44 bits per heavy atom. The minimum absolute atomic E-state index is 0.269. The van der Waals surface area contributed by atoms with E-state index in [1.165, 1.54) is 7.05 Å². The Bertz CT molecular complexity index is 314. The second kappa shape index (κ2) is 6.03. The van der Waals surface area contributed by atoms with Gasteiger partial charge < -0.3 is 15.5 Å². The van der Waals surface area contributed by atoms with Crippen molar-refractivity contribution in [3.8, 4) is 0 Å². The van der Waals surface area contributed by atoms with Crippen LogP contribution in [-0.4, -0.2) is 55.6 Å². The summed E-state index contributed by atoms with van der Waals surface area (Å²) in [5.41, 5.74) is 0. The fourth-order valence-electron chi connectivity index (χ4n) is 1.71. The fraction of sp³-hybridized carbons (Fsp3) is 0.800. The Labute approximate surface area is 103 Å². The summed E-state index contributed by atoms with van der Waals surface area (Å²) in [5.74, 6) is -1.09. The molecule has 5 nitrogen and oxygen atoms in total. The van der Waals surface area contributed by atoms with Gasteiger partial charge in [0.2, 0.25) is 11.8 Å². The van der Waals surface area contributed by atoms with Gasteiger partial charge in [-0.2, -0.15) is 13.2 Å². The first-order chi connectivity index (χ1) is 8.29. The highest BCUT2D eigenvalue weighted by Crippen LogP contribution is 2.12. The van der Waals surface area contributed by atoms with E-state index >= 15 is 0 Å². The minimum atomic E-state index is -4.44. The number of hydrogen-bond donors (Lipinski definition) is 2. The highest BCUT2D eigenvalue weighted by atomic mass is 19.4. The first-order valence-electron chi connectivity index (χ1n) is 5.61. The molecule has 0 saturated carbocycles. The van der Waals surface area contributed by atoms with Gasteiger partial charge in [0.05, 0.1) is 12.6 Å². The second-order valence-corrected chi connectivity index (χ2v) is 4.24. The molecule has 0 aromatic rings. The monoisotopic (exact) mass is 267 g/mol. The van der Waals surface area contributed by atoms with Crippen molar-refractivity contribution >= 4 is 11.8 Å². The highest BCUT2D eigenvalue weighted by Gasteiger charge is 2.29. The van der Waals surface area contributed by atoms with Crippen molar-refractivity contribution in [3.05, 3.63) is 0 Å². The Hall–Kier alpha value is -1.31. The molecule has 1 aliphatic heterocycles. The molecule has 18 heavy (non-hydrogen) atoms. The minimum Gasteiger partial charge on any atom is -0.345 e. The molecule has 0 bridgehead atoms. The van der Waals surface area contributed by atoms with Gasteiger partial charge in [-0.3, -0.25) is 9.59 Å². The number of rotatable bonds is 4. The lowest BCUT2D eigenvalue weighted by molar-refractivity contribution is -0.142. The van der Waals surface area contributed by atoms with Crippen molar-refractivity contribution in [2.24, 2.45) is 0 Å². The molecule has 0 aromatic heterocycles. The summed E-state index contributed by atoms with van der Waals surface area (Å²) in [4.78, 5) is 24.1. The number of alkyl halides is 3. The number of amides is 2. The van der Waals surface area contributed by atoms with E-state index in [2.05, 4.69) is 5.32 Å². The molecule has 1 rings (SSSR count). The van der Waals surface area contributed by atoms with Crippen LogP contribution in [0.3, 0.4) is 0 Å². The van der Waals surface area contributed by atoms with Crippen LogP contribution in [0.15, 0.2) is 0 Å². The van der Waals surface area contributed by atoms with Crippen LogP contribution in [0.4, 0.5) is 13.2 Å². The summed E-state index contributed by atoms with van der Waals surface area (Å²) < 4.78 is 35.6. The normalized spacial score (nSPS) is 19.7. The van der Waals surface area contributed by atoms with Crippen molar-refractivity contribution in [1.29, 1.82) is 0 Å². The summed E-state index contributed by atoms with van der Waals surface area (Å²) in [5, 5.41) is 4.68. The average Bonchev–Trinajstić information content (AvgIpc) is 2.77. The summed E-state index contributed by atoms with van der Waals surface area (Å²) in [6.45, 7) is -1.01. The maximum absolute atomic E-state index is 11.9. The number of nitrogens with one attached hydrogen (secondary N) is 2. The molecule has 1 atom stereocenters. The maximum Gasteiger partial charge on any atom is 0.405 e. The topological polar surface area (TPSA) is 61.4 Å². The number of carbonyl (C=O) groups excluding carboxylic acids is 2. The van der Waals surface area contributed by atoms with Gasteiger partial charge in [0.1, 0.15) is 6.54 Å². The second-order valence-electron chi connectivity index (χ2n) is 4.24. The molecule has 1 aliphatic rings. The average molecular weight is 267 g/mol. The van der Waals surface area contributed by atoms with E-state index in [9.17, 15) is 22.8 Å². The van der Waals surface area contributed by atoms with Crippen LogP contribution >= 0.6 is 0 Å². The summed E-state index contributed by atoms with van der Waals surface area (Å²) >= 11 is 0. The van der Waals surface area contributed by atoms with Crippen molar-refractivity contribution in [3.63, 3.8) is 0 Å². The number of hydrogen-bond acceptors (Lipinski definition) is 3. The molecule has 104 valence electrons. The Morgan fingerprint density at radius 3 is 2.61 bits per heavy atom. The predicted molar refractivity (Wildman–Crippen MR) is 57.7 cm³/mol. The zero-order valence-electron chi connectivity index (χ0n) is 10.0. The van der Waals surface area contributed by atoms with E-state index in [0.29, 0.717) is 6.42 Å². The highest BCUT2D eigenvalue weighted by molar-refractivity contribution is 5.87. The van der Waals surface area contributed by atoms with Crippen LogP contribution in [0.1, 0.15) is 12.8 Å². The predicted octanol–water partition coefficient (Wildman–Crippen LogP) is -0.125. The van der Waals surface area contributed by atoms with Gasteiger partial charge in [-0.15, -0.1) is 0 Å². The lowest BCUT2D eigenvalue weighted by Gasteiger charge is -2.20. The maximum atomic E-state index is 11.9. The van der Waals surface area contributed by atoms with Crippen LogP contribution in [0.5, 0.6) is 0 Å². The van der Waals surface area contributed by atoms with Crippen molar-refractivity contribution in [1.82, 2.24) is 15.5 Å². The third-order valence-electron chi connectivity index (χ3n) is 2.60. The van der Waals surface area contributed by atoms with Crippen molar-refractivity contribution in [2.45, 2.75) is 25.1 Å². The van der Waals surface area contributed by atoms with Gasteiger partial charge in [0.25, 0.3) is 0 Å². The number of halogens is 3. The molecule has 0 aromatic carbocycles. The largest absolute Gasteiger partial charge is 0.405 e. The zero-order chi connectivity index (χ0) is 13.8. The van der Waals surface area contributed by atoms with Gasteiger partial charge >= 0.3 is 6.18 Å². The van der Waals surface area contributed by atoms with E-state index in [-0.39, 0.29) is 18.5 Å². The molecule has 0 spiro atoms. The van der Waals surface area contributed by atoms with Gasteiger partial charge in [-0.1, -0.05) is 0 Å². The van der Waals surface area contributed by atoms with Crippen LogP contribution in [-0.2, 0) is 9.59 Å². The number of carbonyl (C=O) groups is 2. The molecule has 1 heterocycles. The van der Waals surface area contributed by atoms with Crippen LogP contribution in [0.2, 0.25) is 0 Å². The van der Waals surface area contributed by atoms with Gasteiger partial charge in [0, 0.05) is 7.05 Å². The van der Waals surface area contributed by atoms with Crippen molar-refractivity contribution < 1.29 is 22.8 Å². The van der Waals surface area contributed by atoms with Crippen LogP contribution in [0.25, 0.3) is 0 Å². The SMILES string of the molecule is CN(CC(=O)NCC(F)(F)F)C(=O)C1CCCN1. The first kappa shape index (κ1) is 14.7. The Morgan fingerprint density at radius 2 is 2.11 bits per heavy atom. The Balaban J connectivity index is 2.32. The quantitative estimate of drug-likeness (QED) is 0.746. The van der Waals surface area contributed by atoms with E-state index in [4.69, 9.17) is 0 Å². The van der Waals surface area contributed by atoms with E-state index in [0.717, 1.165) is 17.9 Å². The molecule has 2 amide bonds. The molecule has 0 aliphatic carbocycles. The van der Waals surface area contributed by atoms with Crippen LogP contribution < -0.4 is 10.6 Å². The molecule has 8 heteroatoms. The first-order valence-corrected chi connectivity index (χ1v) is 5.61. The third-order valence-corrected chi connectivity index (χ3v) is 2.60. The molecular weight excluding hydrogens is 251 g/mol. The summed E-state index contributed by atoms with van der Waals surface area (Å²) in [6.07, 6.45) is -2.87. The zero-order valence-corrected chi connectivity index (χ0v) is 10.0. The smallest absolute Gasteiger partial charge is 0.345 e. The van der Waals surface area contributed by atoms with E-state index in [1.54, 1.807) is 5.32 Å². The standard InChI is InChI=1S/C10H16F3N3O2/c1-16(9(18)7-3-2-4-14-7)5-8(17)15-6-10(11,12)13/h7,14H,2-6H2,1H3,(H,15,17). The third kappa shape index (κ3) is 4.91. The summed E-state index contributed by atoms with van der Waals surface area (Å²) in [7, 11) is 1.40. The van der Waals surface area contributed by atoms with Crippen molar-refractivity contribution in [2.75, 3.05) is 26.7 Å². The molecule has 1 unspecified atom stereocenters. The van der Waals surface area contributed by atoms with Gasteiger partial charge in [-0.05, 0) is 19.4 Å². The molecule has 0 radical (unpaired) electrons. The molecule has 1 saturated heterocycles. The van der Waals surface area contributed by atoms with E-state index < -0.39 is 18.6 Å². The lowest BCUT2D eigenvalue weighted by atomic mass is 10.2. The van der Waals surface area contributed by atoms with Crippen LogP contribution in [0, 0.1) is 0 Å².